The van der Waals surface area contributed by atoms with Crippen molar-refractivity contribution in [2.24, 2.45) is 0 Å². The predicted molar refractivity (Wildman–Crippen MR) is 69.1 cm³/mol. The van der Waals surface area contributed by atoms with E-state index in [1.165, 1.54) is 12.1 Å². The van der Waals surface area contributed by atoms with Crippen molar-refractivity contribution in [3.8, 4) is 0 Å². The van der Waals surface area contributed by atoms with Crippen molar-refractivity contribution in [3.63, 3.8) is 0 Å². The Morgan fingerprint density at radius 3 is 3.16 bits per heavy atom. The maximum atomic E-state index is 13.1. The molecule has 0 aliphatic carbocycles. The molecule has 0 saturated carbocycles. The first kappa shape index (κ1) is 12.0. The summed E-state index contributed by atoms with van der Waals surface area (Å²) in [5, 5.41) is 3.22. The van der Waals surface area contributed by atoms with Gasteiger partial charge in [-0.15, -0.1) is 0 Å². The number of fused-ring (bicyclic) bond motifs is 1. The first-order valence-electron chi connectivity index (χ1n) is 6.22. The topological polar surface area (TPSA) is 47.0 Å². The van der Waals surface area contributed by atoms with Crippen molar-refractivity contribution < 1.29 is 9.13 Å². The minimum absolute atomic E-state index is 0.229. The molecule has 0 radical (unpaired) electrons. The minimum Gasteiger partial charge on any atom is -0.376 e. The summed E-state index contributed by atoms with van der Waals surface area (Å²) in [6, 6.07) is 6.52. The van der Waals surface area contributed by atoms with Gasteiger partial charge >= 0.3 is 0 Å². The summed E-state index contributed by atoms with van der Waals surface area (Å²) in [5.41, 5.74) is 2.91. The van der Waals surface area contributed by atoms with Gasteiger partial charge in [0, 0.05) is 18.5 Å². The molecule has 0 spiro atoms. The van der Waals surface area contributed by atoms with Gasteiger partial charge in [-0.05, 0) is 17.7 Å². The Morgan fingerprint density at radius 1 is 1.32 bits per heavy atom. The highest BCUT2D eigenvalue weighted by Crippen LogP contribution is 2.21. The average Bonchev–Trinajstić information content (AvgIpc) is 2.45. The number of nitrogens with one attached hydrogen (secondary N) is 1. The second-order valence-electron chi connectivity index (χ2n) is 4.43. The van der Waals surface area contributed by atoms with Crippen molar-refractivity contribution in [2.45, 2.75) is 19.6 Å². The van der Waals surface area contributed by atoms with Gasteiger partial charge in [0.15, 0.2) is 0 Å². The van der Waals surface area contributed by atoms with Gasteiger partial charge in [-0.2, -0.15) is 0 Å². The molecule has 0 bridgehead atoms. The quantitative estimate of drug-likeness (QED) is 0.918. The highest BCUT2D eigenvalue weighted by molar-refractivity contribution is 5.46. The van der Waals surface area contributed by atoms with Crippen LogP contribution in [0.2, 0.25) is 0 Å². The third kappa shape index (κ3) is 2.71. The molecule has 19 heavy (non-hydrogen) atoms. The lowest BCUT2D eigenvalue weighted by atomic mass is 10.1. The first-order valence-corrected chi connectivity index (χ1v) is 6.22. The predicted octanol–water partition coefficient (Wildman–Crippen LogP) is 2.30. The van der Waals surface area contributed by atoms with Crippen LogP contribution in [0.25, 0.3) is 0 Å². The Labute approximate surface area is 110 Å². The van der Waals surface area contributed by atoms with E-state index in [4.69, 9.17) is 4.74 Å². The van der Waals surface area contributed by atoms with Gasteiger partial charge in [-0.1, -0.05) is 12.1 Å². The molecule has 1 aliphatic rings. The van der Waals surface area contributed by atoms with Crippen molar-refractivity contribution in [2.75, 3.05) is 11.9 Å². The van der Waals surface area contributed by atoms with Crippen molar-refractivity contribution in [1.29, 1.82) is 0 Å². The monoisotopic (exact) mass is 259 g/mol. The normalized spacial score (nSPS) is 13.9. The Kier molecular flexibility index (Phi) is 3.37. The van der Waals surface area contributed by atoms with Crippen LogP contribution in [-0.4, -0.2) is 16.6 Å². The van der Waals surface area contributed by atoms with Gasteiger partial charge in [0.05, 0.1) is 18.9 Å². The zero-order valence-electron chi connectivity index (χ0n) is 10.4. The minimum atomic E-state index is -0.229. The molecule has 1 N–H and O–H groups in total. The third-order valence-electron chi connectivity index (χ3n) is 3.11. The van der Waals surface area contributed by atoms with E-state index in [1.54, 1.807) is 12.4 Å². The van der Waals surface area contributed by atoms with Gasteiger partial charge < -0.3 is 10.1 Å². The number of halogens is 1. The number of aromatic nitrogens is 2. The Bertz CT molecular complexity index is 589. The third-order valence-corrected chi connectivity index (χ3v) is 3.11. The van der Waals surface area contributed by atoms with E-state index in [-0.39, 0.29) is 5.82 Å². The van der Waals surface area contributed by atoms with Crippen LogP contribution in [0.5, 0.6) is 0 Å². The number of hydrogen-bond donors (Lipinski definition) is 1. The molecule has 0 amide bonds. The summed E-state index contributed by atoms with van der Waals surface area (Å²) in [6.07, 6.45) is 2.37. The number of hydrogen-bond acceptors (Lipinski definition) is 4. The molecular formula is C14H14FN3O. The smallest absolute Gasteiger partial charge is 0.135 e. The standard InChI is InChI=1S/C14H14FN3O/c15-11-3-1-2-10(6-11)7-16-14-12-8-19-5-4-13(12)17-9-18-14/h1-3,6,9H,4-5,7-8H2,(H,16,17,18). The van der Waals surface area contributed by atoms with E-state index in [0.717, 1.165) is 29.1 Å². The maximum Gasteiger partial charge on any atom is 0.135 e. The summed E-state index contributed by atoms with van der Waals surface area (Å²) in [7, 11) is 0. The number of nitrogens with zero attached hydrogens (tertiary/aromatic N) is 2. The van der Waals surface area contributed by atoms with Crippen LogP contribution in [0.1, 0.15) is 16.8 Å². The molecule has 3 rings (SSSR count). The van der Waals surface area contributed by atoms with Crippen LogP contribution in [0.3, 0.4) is 0 Å². The summed E-state index contributed by atoms with van der Waals surface area (Å²) in [5.74, 6) is 0.543. The van der Waals surface area contributed by atoms with E-state index in [9.17, 15) is 4.39 Å². The van der Waals surface area contributed by atoms with E-state index in [2.05, 4.69) is 15.3 Å². The molecule has 0 saturated heterocycles. The van der Waals surface area contributed by atoms with Crippen molar-refractivity contribution in [1.82, 2.24) is 9.97 Å². The molecule has 2 heterocycles. The molecule has 1 aromatic carbocycles. The lowest BCUT2D eigenvalue weighted by Crippen LogP contribution is -2.15. The zero-order valence-corrected chi connectivity index (χ0v) is 10.4. The second-order valence-corrected chi connectivity index (χ2v) is 4.43. The van der Waals surface area contributed by atoms with Gasteiger partial charge in [0.2, 0.25) is 0 Å². The van der Waals surface area contributed by atoms with E-state index in [0.29, 0.717) is 19.8 Å². The number of benzene rings is 1. The Balaban J connectivity index is 1.77. The van der Waals surface area contributed by atoms with E-state index in [1.807, 2.05) is 6.07 Å². The van der Waals surface area contributed by atoms with Gasteiger partial charge in [0.25, 0.3) is 0 Å². The second kappa shape index (κ2) is 5.32. The average molecular weight is 259 g/mol. The maximum absolute atomic E-state index is 13.1. The molecule has 4 nitrogen and oxygen atoms in total. The lowest BCUT2D eigenvalue weighted by molar-refractivity contribution is 0.109. The molecule has 0 atom stereocenters. The highest BCUT2D eigenvalue weighted by atomic mass is 19.1. The summed E-state index contributed by atoms with van der Waals surface area (Å²) < 4.78 is 18.5. The largest absolute Gasteiger partial charge is 0.376 e. The molecular weight excluding hydrogens is 245 g/mol. The first-order chi connectivity index (χ1) is 9.33. The van der Waals surface area contributed by atoms with Crippen molar-refractivity contribution in [3.05, 3.63) is 53.2 Å². The van der Waals surface area contributed by atoms with E-state index < -0.39 is 0 Å². The van der Waals surface area contributed by atoms with Crippen LogP contribution >= 0.6 is 0 Å². The van der Waals surface area contributed by atoms with Crippen LogP contribution in [0.4, 0.5) is 10.2 Å². The van der Waals surface area contributed by atoms with Crippen LogP contribution in [0.15, 0.2) is 30.6 Å². The van der Waals surface area contributed by atoms with Gasteiger partial charge in [-0.25, -0.2) is 14.4 Å². The molecule has 5 heteroatoms. The number of rotatable bonds is 3. The molecule has 98 valence electrons. The molecule has 1 aliphatic heterocycles. The Hall–Kier alpha value is -2.01. The van der Waals surface area contributed by atoms with Crippen LogP contribution in [0, 0.1) is 5.82 Å². The fraction of sp³-hybridized carbons (Fsp3) is 0.286. The number of anilines is 1. The van der Waals surface area contributed by atoms with Gasteiger partial charge in [-0.3, -0.25) is 0 Å². The zero-order chi connectivity index (χ0) is 13.1. The highest BCUT2D eigenvalue weighted by Gasteiger charge is 2.15. The van der Waals surface area contributed by atoms with Crippen LogP contribution < -0.4 is 5.32 Å². The van der Waals surface area contributed by atoms with E-state index >= 15 is 0 Å². The SMILES string of the molecule is Fc1cccc(CNc2ncnc3c2COCC3)c1. The summed E-state index contributed by atoms with van der Waals surface area (Å²) in [4.78, 5) is 8.49. The molecule has 0 fully saturated rings. The summed E-state index contributed by atoms with van der Waals surface area (Å²) >= 11 is 0. The summed E-state index contributed by atoms with van der Waals surface area (Å²) in [6.45, 7) is 1.76. The lowest BCUT2D eigenvalue weighted by Gasteiger charge is -2.18. The van der Waals surface area contributed by atoms with Crippen molar-refractivity contribution >= 4 is 5.82 Å². The molecule has 1 aromatic heterocycles. The molecule has 0 unspecified atom stereocenters. The van der Waals surface area contributed by atoms with Crippen LogP contribution in [-0.2, 0) is 24.3 Å². The number of ether oxygens (including phenoxy) is 1. The van der Waals surface area contributed by atoms with Gasteiger partial charge in [0.1, 0.15) is 18.0 Å². The molecule has 2 aromatic rings. The Morgan fingerprint density at radius 2 is 2.26 bits per heavy atom. The fourth-order valence-electron chi connectivity index (χ4n) is 2.14. The fourth-order valence-corrected chi connectivity index (χ4v) is 2.14.